The first kappa shape index (κ1) is 28.1. The first-order chi connectivity index (χ1) is 19.6. The second kappa shape index (κ2) is 10.6. The third-order valence-electron chi connectivity index (χ3n) is 9.36. The van der Waals surface area contributed by atoms with Gasteiger partial charge in [-0.2, -0.15) is 0 Å². The highest BCUT2D eigenvalue weighted by molar-refractivity contribution is 8.03. The van der Waals surface area contributed by atoms with E-state index >= 15 is 0 Å². The monoisotopic (exact) mass is 589 g/mol. The van der Waals surface area contributed by atoms with Crippen LogP contribution in [0.1, 0.15) is 26.7 Å². The number of nitrogens with one attached hydrogen (secondary N) is 3. The number of likely N-dealkylation sites (tertiary alicyclic amines) is 1. The molecule has 0 bridgehead atoms. The summed E-state index contributed by atoms with van der Waals surface area (Å²) >= 11 is 1.43. The molecule has 222 valence electrons. The Morgan fingerprint density at radius 2 is 2.15 bits per heavy atom. The number of amides is 3. The van der Waals surface area contributed by atoms with Gasteiger partial charge in [-0.3, -0.25) is 14.4 Å². The van der Waals surface area contributed by atoms with Gasteiger partial charge in [-0.15, -0.1) is 16.9 Å². The van der Waals surface area contributed by atoms with Gasteiger partial charge in [0, 0.05) is 41.7 Å². The van der Waals surface area contributed by atoms with Crippen LogP contribution in [0.2, 0.25) is 0 Å². The van der Waals surface area contributed by atoms with E-state index in [1.165, 1.54) is 27.7 Å². The highest BCUT2D eigenvalue weighted by atomic mass is 32.2. The van der Waals surface area contributed by atoms with Gasteiger partial charge in [0.05, 0.1) is 30.1 Å². The van der Waals surface area contributed by atoms with Crippen molar-refractivity contribution in [3.63, 3.8) is 0 Å². The number of carbonyl (C=O) groups is 4. The van der Waals surface area contributed by atoms with E-state index in [4.69, 9.17) is 0 Å². The average Bonchev–Trinajstić information content (AvgIpc) is 3.73. The van der Waals surface area contributed by atoms with Crippen molar-refractivity contribution in [2.75, 3.05) is 32.8 Å². The molecule has 0 aliphatic carbocycles. The van der Waals surface area contributed by atoms with Gasteiger partial charge in [-0.25, -0.2) is 9.48 Å². The molecule has 1 aromatic heterocycles. The fraction of sp³-hybridized carbons (Fsp3) is 0.720. The number of hydrogen-bond donors (Lipinski definition) is 5. The summed E-state index contributed by atoms with van der Waals surface area (Å²) in [5.74, 6) is -2.38. The van der Waals surface area contributed by atoms with E-state index < -0.39 is 23.5 Å². The van der Waals surface area contributed by atoms with Crippen LogP contribution in [-0.4, -0.2) is 126 Å². The molecule has 5 N–H and O–H groups in total. The van der Waals surface area contributed by atoms with Crippen molar-refractivity contribution >= 4 is 35.5 Å². The number of aliphatic hydroxyl groups excluding tert-OH is 1. The van der Waals surface area contributed by atoms with Gasteiger partial charge in [0.2, 0.25) is 17.7 Å². The molecular formula is C25H35N9O6S. The first-order valence-electron chi connectivity index (χ1n) is 14.0. The van der Waals surface area contributed by atoms with Crippen molar-refractivity contribution in [2.24, 2.45) is 17.8 Å². The number of carbonyl (C=O) groups excluding carboxylic acids is 3. The van der Waals surface area contributed by atoms with Crippen LogP contribution in [0.5, 0.6) is 0 Å². The second-order valence-corrected chi connectivity index (χ2v) is 13.1. The van der Waals surface area contributed by atoms with Crippen molar-refractivity contribution in [3.8, 4) is 0 Å². The second-order valence-electron chi connectivity index (χ2n) is 11.8. The molecule has 0 aromatic carbocycles. The molecule has 8 atom stereocenters. The summed E-state index contributed by atoms with van der Waals surface area (Å²) in [6, 6.07) is -1.27. The van der Waals surface area contributed by atoms with Crippen LogP contribution in [0.3, 0.4) is 0 Å². The highest BCUT2D eigenvalue weighted by Crippen LogP contribution is 2.52. The van der Waals surface area contributed by atoms with Crippen LogP contribution in [-0.2, 0) is 25.7 Å². The molecule has 0 spiro atoms. The number of carboxylic acids is 1. The Balaban J connectivity index is 1.09. The normalized spacial score (nSPS) is 35.0. The summed E-state index contributed by atoms with van der Waals surface area (Å²) in [5, 5.41) is 40.2. The SMILES string of the molecule is CC1C(S[C@@H]2CN[C@H](C(=O)N3CC4CCNC4(CO)C3)C2)=C(C(=O)O)N2C(=O)[C@H]([C@@H](C)NC(=O)Cn3cnnn3)[C@@H]12. The van der Waals surface area contributed by atoms with E-state index in [0.29, 0.717) is 31.0 Å². The molecule has 5 aliphatic heterocycles. The van der Waals surface area contributed by atoms with Crippen molar-refractivity contribution in [2.45, 2.75) is 62.1 Å². The number of aliphatic carboxylic acids is 1. The quantitative estimate of drug-likeness (QED) is 0.192. The lowest BCUT2D eigenvalue weighted by Crippen LogP contribution is -2.66. The summed E-state index contributed by atoms with van der Waals surface area (Å²) in [4.78, 5) is 55.2. The van der Waals surface area contributed by atoms with Gasteiger partial charge in [0.15, 0.2) is 0 Å². The Bertz CT molecular complexity index is 1280. The van der Waals surface area contributed by atoms with Crippen LogP contribution in [0.15, 0.2) is 16.9 Å². The Kier molecular flexibility index (Phi) is 7.28. The summed E-state index contributed by atoms with van der Waals surface area (Å²) in [6.07, 6.45) is 2.80. The molecule has 16 heteroatoms. The van der Waals surface area contributed by atoms with E-state index in [9.17, 15) is 29.4 Å². The predicted octanol–water partition coefficient (Wildman–Crippen LogP) is -2.40. The fourth-order valence-electron chi connectivity index (χ4n) is 7.31. The largest absolute Gasteiger partial charge is 0.477 e. The minimum atomic E-state index is -1.16. The van der Waals surface area contributed by atoms with E-state index in [-0.39, 0.29) is 65.7 Å². The maximum Gasteiger partial charge on any atom is 0.353 e. The Morgan fingerprint density at radius 1 is 1.34 bits per heavy atom. The van der Waals surface area contributed by atoms with E-state index in [1.807, 2.05) is 11.8 Å². The van der Waals surface area contributed by atoms with Crippen molar-refractivity contribution in [1.82, 2.24) is 46.0 Å². The van der Waals surface area contributed by atoms with Crippen LogP contribution in [0, 0.1) is 17.8 Å². The van der Waals surface area contributed by atoms with Gasteiger partial charge in [-0.1, -0.05) is 6.92 Å². The molecule has 0 saturated carbocycles. The topological polar surface area (TPSA) is 195 Å². The lowest BCUT2D eigenvalue weighted by molar-refractivity contribution is -0.158. The molecule has 4 fully saturated rings. The van der Waals surface area contributed by atoms with Gasteiger partial charge >= 0.3 is 5.97 Å². The van der Waals surface area contributed by atoms with Crippen molar-refractivity contribution in [1.29, 1.82) is 0 Å². The molecule has 1 aromatic rings. The van der Waals surface area contributed by atoms with Gasteiger partial charge in [0.25, 0.3) is 0 Å². The lowest BCUT2D eigenvalue weighted by Gasteiger charge is -2.47. The number of β-lactam (4-membered cyclic amide) rings is 1. The van der Waals surface area contributed by atoms with Gasteiger partial charge < -0.3 is 36.0 Å². The summed E-state index contributed by atoms with van der Waals surface area (Å²) in [7, 11) is 0. The summed E-state index contributed by atoms with van der Waals surface area (Å²) in [6.45, 7) is 6.07. The smallest absolute Gasteiger partial charge is 0.353 e. The third kappa shape index (κ3) is 4.70. The predicted molar refractivity (Wildman–Crippen MR) is 144 cm³/mol. The molecule has 6 rings (SSSR count). The molecule has 6 heterocycles. The van der Waals surface area contributed by atoms with Crippen molar-refractivity contribution < 1.29 is 29.4 Å². The number of tetrazole rings is 1. The van der Waals surface area contributed by atoms with Crippen molar-refractivity contribution in [3.05, 3.63) is 16.9 Å². The first-order valence-corrected chi connectivity index (χ1v) is 14.9. The zero-order chi connectivity index (χ0) is 29.1. The molecule has 41 heavy (non-hydrogen) atoms. The molecular weight excluding hydrogens is 554 g/mol. The van der Waals surface area contributed by atoms with Gasteiger partial charge in [-0.05, 0) is 42.7 Å². The zero-order valence-electron chi connectivity index (χ0n) is 22.9. The number of rotatable bonds is 9. The molecule has 15 nitrogen and oxygen atoms in total. The zero-order valence-corrected chi connectivity index (χ0v) is 23.7. The third-order valence-corrected chi connectivity index (χ3v) is 10.9. The number of hydrogen-bond acceptors (Lipinski definition) is 11. The number of aliphatic hydroxyl groups is 1. The van der Waals surface area contributed by atoms with Crippen LogP contribution >= 0.6 is 11.8 Å². The Hall–Kier alpha value is -3.08. The summed E-state index contributed by atoms with van der Waals surface area (Å²) < 4.78 is 1.28. The van der Waals surface area contributed by atoms with E-state index in [1.54, 1.807) is 6.92 Å². The Labute approximate surface area is 240 Å². The standard InChI is InChI=1S/C25H35N9O6S/c1-12-19-18(13(2)29-17(36)8-33-11-28-30-31-33)23(38)34(19)20(24(39)40)21(12)41-15-5-16(26-6-15)22(37)32-7-14-3-4-27-25(14,9-32)10-35/h11-16,18-19,26-27,35H,3-10H2,1-2H3,(H,29,36)(H,39,40)/t12?,13-,14?,15+,16+,18-,19-,25?/m1/s1. The average molecular weight is 590 g/mol. The minimum Gasteiger partial charge on any atom is -0.477 e. The maximum atomic E-state index is 13.4. The van der Waals surface area contributed by atoms with E-state index in [2.05, 4.69) is 31.5 Å². The minimum absolute atomic E-state index is 0.000858. The lowest BCUT2D eigenvalue weighted by atomic mass is 9.78. The number of carboxylic acid groups (broad SMARTS) is 1. The van der Waals surface area contributed by atoms with Gasteiger partial charge in [0.1, 0.15) is 18.6 Å². The molecule has 4 saturated heterocycles. The van der Waals surface area contributed by atoms with Crippen LogP contribution < -0.4 is 16.0 Å². The molecule has 3 unspecified atom stereocenters. The molecule has 5 aliphatic rings. The Morgan fingerprint density at radius 3 is 2.83 bits per heavy atom. The molecule has 0 radical (unpaired) electrons. The summed E-state index contributed by atoms with van der Waals surface area (Å²) in [5.41, 5.74) is -0.414. The number of thioether (sulfide) groups is 1. The molecule has 3 amide bonds. The fourth-order valence-corrected chi connectivity index (χ4v) is 8.79. The number of fused-ring (bicyclic) bond motifs is 2. The van der Waals surface area contributed by atoms with Crippen LogP contribution in [0.25, 0.3) is 0 Å². The highest BCUT2D eigenvalue weighted by Gasteiger charge is 2.60. The van der Waals surface area contributed by atoms with E-state index in [0.717, 1.165) is 13.0 Å². The number of nitrogens with zero attached hydrogens (tertiary/aromatic N) is 6. The van der Waals surface area contributed by atoms with Crippen LogP contribution in [0.4, 0.5) is 0 Å². The maximum absolute atomic E-state index is 13.4. The number of aromatic nitrogens is 4.